The number of carbonyl (C=O) groups is 1. The van der Waals surface area contributed by atoms with E-state index in [1.807, 2.05) is 6.92 Å². The molecule has 0 aliphatic carbocycles. The van der Waals surface area contributed by atoms with Gasteiger partial charge in [0.05, 0.1) is 19.8 Å². The summed E-state index contributed by atoms with van der Waals surface area (Å²) in [6.07, 6.45) is 1.69. The number of hydrogen-bond donors (Lipinski definition) is 0. The van der Waals surface area contributed by atoms with Gasteiger partial charge < -0.3 is 14.4 Å². The van der Waals surface area contributed by atoms with E-state index in [2.05, 4.69) is 4.98 Å². The molecular formula is C12H16N2O3. The minimum absolute atomic E-state index is 0.0508. The Morgan fingerprint density at radius 1 is 1.65 bits per heavy atom. The smallest absolute Gasteiger partial charge is 0.259 e. The molecule has 0 N–H and O–H groups in total. The maximum atomic E-state index is 12.3. The average Bonchev–Trinajstić information content (AvgIpc) is 2.38. The summed E-state index contributed by atoms with van der Waals surface area (Å²) in [5.74, 6) is 0.321. The topological polar surface area (TPSA) is 51.7 Å². The van der Waals surface area contributed by atoms with Crippen molar-refractivity contribution < 1.29 is 14.3 Å². The molecule has 0 aromatic carbocycles. The zero-order chi connectivity index (χ0) is 12.3. The Labute approximate surface area is 100 Å². The van der Waals surface area contributed by atoms with Crippen LogP contribution in [-0.4, -0.2) is 48.7 Å². The summed E-state index contributed by atoms with van der Waals surface area (Å²) in [5, 5.41) is 0. The van der Waals surface area contributed by atoms with Gasteiger partial charge in [-0.25, -0.2) is 4.98 Å². The van der Waals surface area contributed by atoms with Crippen LogP contribution in [0.3, 0.4) is 0 Å². The van der Waals surface area contributed by atoms with Crippen molar-refractivity contribution in [1.29, 1.82) is 0 Å². The first-order valence-corrected chi connectivity index (χ1v) is 5.62. The van der Waals surface area contributed by atoms with Crippen LogP contribution in [0.15, 0.2) is 18.3 Å². The second-order valence-electron chi connectivity index (χ2n) is 3.99. The molecule has 92 valence electrons. The summed E-state index contributed by atoms with van der Waals surface area (Å²) in [5.41, 5.74) is 0.504. The van der Waals surface area contributed by atoms with Crippen LogP contribution in [0.1, 0.15) is 17.3 Å². The summed E-state index contributed by atoms with van der Waals surface area (Å²) in [4.78, 5) is 18.1. The molecule has 17 heavy (non-hydrogen) atoms. The normalized spacial score (nSPS) is 20.1. The van der Waals surface area contributed by atoms with Crippen molar-refractivity contribution in [3.8, 4) is 5.88 Å². The summed E-state index contributed by atoms with van der Waals surface area (Å²) in [6.45, 7) is 3.76. The van der Waals surface area contributed by atoms with Gasteiger partial charge in [-0.3, -0.25) is 4.79 Å². The molecule has 1 atom stereocenters. The molecule has 1 aliphatic heterocycles. The van der Waals surface area contributed by atoms with E-state index in [1.165, 1.54) is 7.11 Å². The minimum atomic E-state index is -0.0508. The zero-order valence-electron chi connectivity index (χ0n) is 10.0. The number of morpholine rings is 1. The second-order valence-corrected chi connectivity index (χ2v) is 3.99. The number of aromatic nitrogens is 1. The average molecular weight is 236 g/mol. The second kappa shape index (κ2) is 5.14. The van der Waals surface area contributed by atoms with Crippen LogP contribution in [0.25, 0.3) is 0 Å². The Morgan fingerprint density at radius 3 is 3.18 bits per heavy atom. The van der Waals surface area contributed by atoms with E-state index >= 15 is 0 Å². The Morgan fingerprint density at radius 2 is 2.47 bits per heavy atom. The number of nitrogens with zero attached hydrogens (tertiary/aromatic N) is 2. The molecular weight excluding hydrogens is 220 g/mol. The maximum absolute atomic E-state index is 12.3. The van der Waals surface area contributed by atoms with Crippen molar-refractivity contribution in [2.24, 2.45) is 0 Å². The third kappa shape index (κ3) is 2.55. The molecule has 2 heterocycles. The molecule has 1 fully saturated rings. The molecule has 5 heteroatoms. The fourth-order valence-electron chi connectivity index (χ4n) is 1.89. The number of ether oxygens (including phenoxy) is 2. The highest BCUT2D eigenvalue weighted by Gasteiger charge is 2.24. The molecule has 1 aliphatic rings. The number of amides is 1. The van der Waals surface area contributed by atoms with Crippen molar-refractivity contribution in [3.63, 3.8) is 0 Å². The van der Waals surface area contributed by atoms with Crippen LogP contribution in [0.2, 0.25) is 0 Å². The van der Waals surface area contributed by atoms with Crippen LogP contribution in [0.4, 0.5) is 0 Å². The summed E-state index contributed by atoms with van der Waals surface area (Å²) in [6, 6.07) is 3.47. The van der Waals surface area contributed by atoms with Gasteiger partial charge in [0.25, 0.3) is 5.91 Å². The number of methoxy groups -OCH3 is 1. The minimum Gasteiger partial charge on any atom is -0.480 e. The number of pyridine rings is 1. The molecule has 1 aromatic rings. The fourth-order valence-corrected chi connectivity index (χ4v) is 1.89. The fraction of sp³-hybridized carbons (Fsp3) is 0.500. The van der Waals surface area contributed by atoms with E-state index in [-0.39, 0.29) is 12.0 Å². The highest BCUT2D eigenvalue weighted by molar-refractivity contribution is 5.96. The van der Waals surface area contributed by atoms with Crippen LogP contribution >= 0.6 is 0 Å². The van der Waals surface area contributed by atoms with Crippen molar-refractivity contribution in [1.82, 2.24) is 9.88 Å². The van der Waals surface area contributed by atoms with Crippen molar-refractivity contribution in [2.75, 3.05) is 26.8 Å². The van der Waals surface area contributed by atoms with Gasteiger partial charge in [-0.15, -0.1) is 0 Å². The molecule has 0 unspecified atom stereocenters. The highest BCUT2D eigenvalue weighted by atomic mass is 16.5. The summed E-state index contributed by atoms with van der Waals surface area (Å²) in [7, 11) is 1.51. The molecule has 0 saturated carbocycles. The lowest BCUT2D eigenvalue weighted by atomic mass is 10.2. The largest absolute Gasteiger partial charge is 0.480 e. The van der Waals surface area contributed by atoms with Crippen LogP contribution in [-0.2, 0) is 4.74 Å². The van der Waals surface area contributed by atoms with Gasteiger partial charge in [-0.2, -0.15) is 0 Å². The van der Waals surface area contributed by atoms with Crippen molar-refractivity contribution >= 4 is 5.91 Å². The van der Waals surface area contributed by atoms with Crippen LogP contribution in [0.5, 0.6) is 5.88 Å². The van der Waals surface area contributed by atoms with Gasteiger partial charge in [0.1, 0.15) is 5.56 Å². The van der Waals surface area contributed by atoms with Gasteiger partial charge in [-0.1, -0.05) is 0 Å². The van der Waals surface area contributed by atoms with Gasteiger partial charge in [0.15, 0.2) is 0 Å². The first-order chi connectivity index (χ1) is 8.22. The van der Waals surface area contributed by atoms with Crippen LogP contribution in [0, 0.1) is 0 Å². The van der Waals surface area contributed by atoms with Gasteiger partial charge >= 0.3 is 0 Å². The molecule has 1 amide bonds. The maximum Gasteiger partial charge on any atom is 0.259 e. The van der Waals surface area contributed by atoms with E-state index in [9.17, 15) is 4.79 Å². The number of hydrogen-bond acceptors (Lipinski definition) is 4. The first kappa shape index (κ1) is 11.9. The first-order valence-electron chi connectivity index (χ1n) is 5.62. The van der Waals surface area contributed by atoms with Gasteiger partial charge in [0.2, 0.25) is 5.88 Å². The van der Waals surface area contributed by atoms with Crippen LogP contribution < -0.4 is 4.74 Å². The summed E-state index contributed by atoms with van der Waals surface area (Å²) < 4.78 is 10.5. The molecule has 1 saturated heterocycles. The van der Waals surface area contributed by atoms with E-state index in [0.717, 1.165) is 0 Å². The zero-order valence-corrected chi connectivity index (χ0v) is 10.0. The van der Waals surface area contributed by atoms with E-state index in [1.54, 1.807) is 23.2 Å². The third-order valence-corrected chi connectivity index (χ3v) is 2.72. The molecule has 2 rings (SSSR count). The predicted octanol–water partition coefficient (Wildman–Crippen LogP) is 0.951. The molecule has 0 spiro atoms. The molecule has 0 bridgehead atoms. The predicted molar refractivity (Wildman–Crippen MR) is 62.1 cm³/mol. The Balaban J connectivity index is 2.18. The molecule has 1 aromatic heterocycles. The van der Waals surface area contributed by atoms with Gasteiger partial charge in [0, 0.05) is 19.3 Å². The van der Waals surface area contributed by atoms with E-state index in [0.29, 0.717) is 31.1 Å². The Bertz CT molecular complexity index is 408. The summed E-state index contributed by atoms with van der Waals surface area (Å²) >= 11 is 0. The van der Waals surface area contributed by atoms with E-state index in [4.69, 9.17) is 9.47 Å². The third-order valence-electron chi connectivity index (χ3n) is 2.72. The molecule has 0 radical (unpaired) electrons. The lowest BCUT2D eigenvalue weighted by molar-refractivity contribution is -0.0125. The molecule has 5 nitrogen and oxygen atoms in total. The lowest BCUT2D eigenvalue weighted by Crippen LogP contribution is -2.44. The highest BCUT2D eigenvalue weighted by Crippen LogP contribution is 2.17. The standard InChI is InChI=1S/C12H16N2O3/c1-9-8-14(6-7-17-9)12(15)10-4-3-5-13-11(10)16-2/h3-5,9H,6-8H2,1-2H3/t9-/m1/s1. The Hall–Kier alpha value is -1.62. The number of rotatable bonds is 2. The van der Waals surface area contributed by atoms with Crippen molar-refractivity contribution in [2.45, 2.75) is 13.0 Å². The van der Waals surface area contributed by atoms with E-state index < -0.39 is 0 Å². The Kier molecular flexibility index (Phi) is 3.58. The quantitative estimate of drug-likeness (QED) is 0.767. The lowest BCUT2D eigenvalue weighted by Gasteiger charge is -2.31. The number of carbonyl (C=O) groups excluding carboxylic acids is 1. The SMILES string of the molecule is COc1ncccc1C(=O)N1CCO[C@H](C)C1. The van der Waals surface area contributed by atoms with Crippen molar-refractivity contribution in [3.05, 3.63) is 23.9 Å². The van der Waals surface area contributed by atoms with Gasteiger partial charge in [-0.05, 0) is 19.1 Å². The monoisotopic (exact) mass is 236 g/mol.